The van der Waals surface area contributed by atoms with Crippen LogP contribution in [0.5, 0.6) is 5.75 Å². The quantitative estimate of drug-likeness (QED) is 0.680. The Kier molecular flexibility index (Phi) is 2.37. The van der Waals surface area contributed by atoms with E-state index in [4.69, 9.17) is 17.3 Å². The van der Waals surface area contributed by atoms with Crippen molar-refractivity contribution in [3.05, 3.63) is 28.8 Å². The maximum atomic E-state index is 9.30. The Labute approximate surface area is 70.6 Å². The zero-order chi connectivity index (χ0) is 8.43. The maximum Gasteiger partial charge on any atom is 0.121 e. The number of hydrogen-bond donors (Lipinski definition) is 2. The third-order valence-electron chi connectivity index (χ3n) is 1.48. The van der Waals surface area contributed by atoms with Crippen molar-refractivity contribution in [1.82, 2.24) is 0 Å². The molecule has 0 saturated carbocycles. The van der Waals surface area contributed by atoms with E-state index in [-0.39, 0.29) is 11.8 Å². The van der Waals surface area contributed by atoms with E-state index < -0.39 is 0 Å². The summed E-state index contributed by atoms with van der Waals surface area (Å²) in [5, 5.41) is 9.82. The third kappa shape index (κ3) is 1.85. The molecule has 1 aromatic rings. The van der Waals surface area contributed by atoms with Gasteiger partial charge in [-0.1, -0.05) is 17.7 Å². The van der Waals surface area contributed by atoms with Crippen molar-refractivity contribution in [3.63, 3.8) is 0 Å². The van der Waals surface area contributed by atoms with Crippen LogP contribution in [-0.4, -0.2) is 5.11 Å². The van der Waals surface area contributed by atoms with Crippen molar-refractivity contribution in [2.45, 2.75) is 13.0 Å². The topological polar surface area (TPSA) is 46.2 Å². The minimum Gasteiger partial charge on any atom is -0.508 e. The highest BCUT2D eigenvalue weighted by molar-refractivity contribution is 6.30. The van der Waals surface area contributed by atoms with Gasteiger partial charge in [0.1, 0.15) is 5.75 Å². The largest absolute Gasteiger partial charge is 0.508 e. The highest BCUT2D eigenvalue weighted by Crippen LogP contribution is 2.25. The molecule has 0 aromatic heterocycles. The number of nitrogens with two attached hydrogens (primary N) is 1. The SMILES string of the molecule is C[C@H](N)c1ccc(Cl)cc1O. The monoisotopic (exact) mass is 171 g/mol. The Balaban J connectivity index is 3.09. The van der Waals surface area contributed by atoms with Crippen molar-refractivity contribution in [1.29, 1.82) is 0 Å². The van der Waals surface area contributed by atoms with Crippen LogP contribution >= 0.6 is 11.6 Å². The lowest BCUT2D eigenvalue weighted by atomic mass is 10.1. The average molecular weight is 172 g/mol. The van der Waals surface area contributed by atoms with Crippen LogP contribution in [0.25, 0.3) is 0 Å². The van der Waals surface area contributed by atoms with Crippen LogP contribution in [-0.2, 0) is 0 Å². The van der Waals surface area contributed by atoms with Gasteiger partial charge in [-0.15, -0.1) is 0 Å². The first kappa shape index (κ1) is 8.37. The summed E-state index contributed by atoms with van der Waals surface area (Å²) in [7, 11) is 0. The molecule has 0 radical (unpaired) electrons. The van der Waals surface area contributed by atoms with Gasteiger partial charge in [-0.2, -0.15) is 0 Å². The molecule has 0 aliphatic heterocycles. The molecule has 11 heavy (non-hydrogen) atoms. The normalized spacial score (nSPS) is 13.0. The number of aromatic hydroxyl groups is 1. The van der Waals surface area contributed by atoms with E-state index in [0.717, 1.165) is 5.56 Å². The van der Waals surface area contributed by atoms with E-state index in [1.54, 1.807) is 12.1 Å². The van der Waals surface area contributed by atoms with Crippen LogP contribution in [0, 0.1) is 0 Å². The second kappa shape index (κ2) is 3.11. The molecule has 60 valence electrons. The Bertz CT molecular complexity index is 260. The molecule has 2 nitrogen and oxygen atoms in total. The summed E-state index contributed by atoms with van der Waals surface area (Å²) in [6.45, 7) is 1.81. The number of halogens is 1. The van der Waals surface area contributed by atoms with Gasteiger partial charge in [-0.3, -0.25) is 0 Å². The second-order valence-electron chi connectivity index (χ2n) is 2.49. The molecule has 0 spiro atoms. The molecule has 0 aliphatic rings. The predicted octanol–water partition coefficient (Wildman–Crippen LogP) is 2.07. The van der Waals surface area contributed by atoms with Crippen LogP contribution < -0.4 is 5.73 Å². The highest BCUT2D eigenvalue weighted by Gasteiger charge is 2.04. The minimum absolute atomic E-state index is 0.160. The first-order chi connectivity index (χ1) is 5.11. The summed E-state index contributed by atoms with van der Waals surface area (Å²) >= 11 is 5.62. The number of rotatable bonds is 1. The van der Waals surface area contributed by atoms with E-state index in [0.29, 0.717) is 5.02 Å². The zero-order valence-electron chi connectivity index (χ0n) is 6.21. The molecule has 1 aromatic carbocycles. The lowest BCUT2D eigenvalue weighted by Crippen LogP contribution is -2.04. The average Bonchev–Trinajstić information content (AvgIpc) is 1.85. The Morgan fingerprint density at radius 3 is 2.64 bits per heavy atom. The smallest absolute Gasteiger partial charge is 0.121 e. The van der Waals surface area contributed by atoms with Crippen molar-refractivity contribution in [2.75, 3.05) is 0 Å². The van der Waals surface area contributed by atoms with Gasteiger partial charge in [-0.05, 0) is 19.1 Å². The molecule has 0 aliphatic carbocycles. The maximum absolute atomic E-state index is 9.30. The van der Waals surface area contributed by atoms with Crippen LogP contribution in [0.3, 0.4) is 0 Å². The number of hydrogen-bond acceptors (Lipinski definition) is 2. The van der Waals surface area contributed by atoms with Gasteiger partial charge in [-0.25, -0.2) is 0 Å². The van der Waals surface area contributed by atoms with Crippen molar-refractivity contribution in [2.24, 2.45) is 5.73 Å². The van der Waals surface area contributed by atoms with Crippen molar-refractivity contribution in [3.8, 4) is 5.75 Å². The molecule has 1 atom stereocenters. The summed E-state index contributed by atoms with van der Waals surface area (Å²) in [6, 6.07) is 4.76. The second-order valence-corrected chi connectivity index (χ2v) is 2.93. The molecule has 1 rings (SSSR count). The molecular weight excluding hydrogens is 162 g/mol. The van der Waals surface area contributed by atoms with Gasteiger partial charge in [0, 0.05) is 16.6 Å². The molecule has 0 bridgehead atoms. The van der Waals surface area contributed by atoms with Crippen LogP contribution in [0.2, 0.25) is 5.02 Å². The van der Waals surface area contributed by atoms with Gasteiger partial charge in [0.25, 0.3) is 0 Å². The highest BCUT2D eigenvalue weighted by atomic mass is 35.5. The number of phenolic OH excluding ortho intramolecular Hbond substituents is 1. The molecule has 0 amide bonds. The van der Waals surface area contributed by atoms with Gasteiger partial charge in [0.2, 0.25) is 0 Å². The fourth-order valence-corrected chi connectivity index (χ4v) is 1.07. The molecule has 0 saturated heterocycles. The van der Waals surface area contributed by atoms with Gasteiger partial charge in [0.15, 0.2) is 0 Å². The van der Waals surface area contributed by atoms with Crippen LogP contribution in [0.1, 0.15) is 18.5 Å². The van der Waals surface area contributed by atoms with Crippen LogP contribution in [0.4, 0.5) is 0 Å². The Morgan fingerprint density at radius 1 is 1.55 bits per heavy atom. The van der Waals surface area contributed by atoms with E-state index in [2.05, 4.69) is 0 Å². The van der Waals surface area contributed by atoms with E-state index in [1.807, 2.05) is 6.92 Å². The van der Waals surface area contributed by atoms with Crippen LogP contribution in [0.15, 0.2) is 18.2 Å². The van der Waals surface area contributed by atoms with Crippen molar-refractivity contribution >= 4 is 11.6 Å². The summed E-state index contributed by atoms with van der Waals surface area (Å²) in [4.78, 5) is 0. The van der Waals surface area contributed by atoms with Gasteiger partial charge >= 0.3 is 0 Å². The van der Waals surface area contributed by atoms with E-state index >= 15 is 0 Å². The minimum atomic E-state index is -0.160. The third-order valence-corrected chi connectivity index (χ3v) is 1.72. The van der Waals surface area contributed by atoms with Gasteiger partial charge in [0.05, 0.1) is 0 Å². The number of phenols is 1. The molecular formula is C8H10ClNO. The summed E-state index contributed by atoms with van der Waals surface area (Å²) < 4.78 is 0. The summed E-state index contributed by atoms with van der Waals surface area (Å²) in [6.07, 6.45) is 0. The van der Waals surface area contributed by atoms with Gasteiger partial charge < -0.3 is 10.8 Å². The fourth-order valence-electron chi connectivity index (χ4n) is 0.902. The molecule has 0 heterocycles. The molecule has 3 heteroatoms. The van der Waals surface area contributed by atoms with Crippen molar-refractivity contribution < 1.29 is 5.11 Å². The predicted molar refractivity (Wildman–Crippen MR) is 45.7 cm³/mol. The molecule has 0 unspecified atom stereocenters. The first-order valence-electron chi connectivity index (χ1n) is 3.35. The zero-order valence-corrected chi connectivity index (χ0v) is 6.97. The molecule has 0 fully saturated rings. The summed E-state index contributed by atoms with van der Waals surface area (Å²) in [5.41, 5.74) is 6.28. The lowest BCUT2D eigenvalue weighted by molar-refractivity contribution is 0.464. The fraction of sp³-hybridized carbons (Fsp3) is 0.250. The standard InChI is InChI=1S/C8H10ClNO/c1-5(10)7-3-2-6(9)4-8(7)11/h2-5,11H,10H2,1H3/t5-/m0/s1. The Morgan fingerprint density at radius 2 is 2.18 bits per heavy atom. The number of benzene rings is 1. The van der Waals surface area contributed by atoms with E-state index in [9.17, 15) is 5.11 Å². The lowest BCUT2D eigenvalue weighted by Gasteiger charge is -2.07. The summed E-state index contributed by atoms with van der Waals surface area (Å²) in [5.74, 6) is 0.160. The van der Waals surface area contributed by atoms with E-state index in [1.165, 1.54) is 6.07 Å². The Hall–Kier alpha value is -0.730. The first-order valence-corrected chi connectivity index (χ1v) is 3.73. The molecule has 3 N–H and O–H groups in total.